The van der Waals surface area contributed by atoms with E-state index in [1.807, 2.05) is 20.0 Å². The van der Waals surface area contributed by atoms with Gasteiger partial charge in [-0.1, -0.05) is 0 Å². The zero-order valence-electron chi connectivity index (χ0n) is 13.4. The van der Waals surface area contributed by atoms with Crippen LogP contribution in [0.15, 0.2) is 18.3 Å². The van der Waals surface area contributed by atoms with E-state index >= 15 is 0 Å². The summed E-state index contributed by atoms with van der Waals surface area (Å²) in [6.07, 6.45) is 2.80. The van der Waals surface area contributed by atoms with Crippen molar-refractivity contribution in [1.29, 1.82) is 0 Å². The van der Waals surface area contributed by atoms with Gasteiger partial charge in [0, 0.05) is 36.2 Å². The maximum absolute atomic E-state index is 5.83. The van der Waals surface area contributed by atoms with Crippen LogP contribution < -0.4 is 10.5 Å². The molecule has 0 saturated carbocycles. The molecule has 0 bridgehead atoms. The predicted octanol–water partition coefficient (Wildman–Crippen LogP) is 3.04. The van der Waals surface area contributed by atoms with E-state index in [1.165, 1.54) is 11.4 Å². The molecule has 2 aromatic rings. The van der Waals surface area contributed by atoms with E-state index < -0.39 is 0 Å². The Kier molecular flexibility index (Phi) is 5.02. The molecular weight excluding hydrogens is 262 g/mol. The number of nitrogens with zero attached hydrogens (tertiary/aromatic N) is 2. The van der Waals surface area contributed by atoms with Gasteiger partial charge in [0.2, 0.25) is 5.88 Å². The van der Waals surface area contributed by atoms with E-state index in [2.05, 4.69) is 35.5 Å². The van der Waals surface area contributed by atoms with Crippen LogP contribution in [0.3, 0.4) is 0 Å². The molecule has 2 heterocycles. The third-order valence-electron chi connectivity index (χ3n) is 4.01. The summed E-state index contributed by atoms with van der Waals surface area (Å²) in [4.78, 5) is 4.37. The molecule has 2 aromatic heterocycles. The van der Waals surface area contributed by atoms with Gasteiger partial charge in [0.1, 0.15) is 0 Å². The lowest BCUT2D eigenvalue weighted by Crippen LogP contribution is -2.10. The van der Waals surface area contributed by atoms with Crippen molar-refractivity contribution < 1.29 is 4.74 Å². The average Bonchev–Trinajstić information content (AvgIpc) is 2.77. The van der Waals surface area contributed by atoms with Gasteiger partial charge in [-0.05, 0) is 57.4 Å². The molecule has 21 heavy (non-hydrogen) atoms. The zero-order valence-corrected chi connectivity index (χ0v) is 13.4. The highest BCUT2D eigenvalue weighted by atomic mass is 16.5. The van der Waals surface area contributed by atoms with E-state index in [0.29, 0.717) is 19.0 Å². The summed E-state index contributed by atoms with van der Waals surface area (Å²) in [6.45, 7) is 10.5. The van der Waals surface area contributed by atoms with Gasteiger partial charge in [0.25, 0.3) is 0 Å². The Morgan fingerprint density at radius 1 is 1.14 bits per heavy atom. The van der Waals surface area contributed by atoms with Crippen molar-refractivity contribution in [1.82, 2.24) is 9.55 Å². The van der Waals surface area contributed by atoms with Gasteiger partial charge in [0.05, 0.1) is 6.61 Å². The second-order valence-electron chi connectivity index (χ2n) is 5.52. The maximum atomic E-state index is 5.83. The number of ether oxygens (including phenoxy) is 1. The molecule has 4 heteroatoms. The van der Waals surface area contributed by atoms with Gasteiger partial charge in [0.15, 0.2) is 0 Å². The van der Waals surface area contributed by atoms with Crippen LogP contribution in [0.5, 0.6) is 5.88 Å². The van der Waals surface area contributed by atoms with Crippen molar-refractivity contribution in [3.05, 3.63) is 46.4 Å². The van der Waals surface area contributed by atoms with E-state index in [9.17, 15) is 0 Å². The fraction of sp³-hybridized carbons (Fsp3) is 0.471. The summed E-state index contributed by atoms with van der Waals surface area (Å²) in [7, 11) is 0. The van der Waals surface area contributed by atoms with Crippen LogP contribution in [0.25, 0.3) is 0 Å². The van der Waals surface area contributed by atoms with Crippen molar-refractivity contribution in [2.45, 2.75) is 47.2 Å². The first-order chi connectivity index (χ1) is 10.0. The van der Waals surface area contributed by atoms with Gasteiger partial charge in [-0.3, -0.25) is 0 Å². The molecule has 0 unspecified atom stereocenters. The van der Waals surface area contributed by atoms with Crippen LogP contribution in [0.2, 0.25) is 0 Å². The molecule has 0 amide bonds. The number of aryl methyl sites for hydroxylation is 3. The van der Waals surface area contributed by atoms with Crippen molar-refractivity contribution in [3.8, 4) is 5.88 Å². The van der Waals surface area contributed by atoms with Crippen LogP contribution in [-0.4, -0.2) is 16.2 Å². The molecule has 0 spiro atoms. The number of nitrogens with two attached hydrogens (primary N) is 1. The lowest BCUT2D eigenvalue weighted by atomic mass is 10.1. The Morgan fingerprint density at radius 2 is 1.81 bits per heavy atom. The Labute approximate surface area is 127 Å². The summed E-state index contributed by atoms with van der Waals surface area (Å²) in [6, 6.07) is 4.30. The summed E-state index contributed by atoms with van der Waals surface area (Å²) in [5.74, 6) is 0.710. The predicted molar refractivity (Wildman–Crippen MR) is 85.6 cm³/mol. The number of aromatic nitrogens is 2. The van der Waals surface area contributed by atoms with Gasteiger partial charge in [-0.15, -0.1) is 0 Å². The minimum atomic E-state index is 0.526. The highest BCUT2D eigenvalue weighted by Gasteiger charge is 2.09. The number of pyridine rings is 1. The summed E-state index contributed by atoms with van der Waals surface area (Å²) in [5, 5.41) is 0. The summed E-state index contributed by atoms with van der Waals surface area (Å²) in [5.41, 5.74) is 11.7. The molecule has 0 aromatic carbocycles. The molecule has 0 aliphatic carbocycles. The zero-order chi connectivity index (χ0) is 15.4. The lowest BCUT2D eigenvalue weighted by molar-refractivity contribution is 0.287. The summed E-state index contributed by atoms with van der Waals surface area (Å²) >= 11 is 0. The second kappa shape index (κ2) is 6.76. The Morgan fingerprint density at radius 3 is 2.43 bits per heavy atom. The van der Waals surface area contributed by atoms with Crippen LogP contribution in [-0.2, 0) is 13.1 Å². The fourth-order valence-corrected chi connectivity index (χ4v) is 2.66. The third kappa shape index (κ3) is 3.45. The fourth-order valence-electron chi connectivity index (χ4n) is 2.66. The lowest BCUT2D eigenvalue weighted by Gasteiger charge is -2.14. The van der Waals surface area contributed by atoms with Crippen molar-refractivity contribution >= 4 is 0 Å². The molecule has 2 N–H and O–H groups in total. The Balaban J connectivity index is 1.92. The first-order valence-corrected chi connectivity index (χ1v) is 7.45. The normalized spacial score (nSPS) is 10.9. The minimum absolute atomic E-state index is 0.526. The molecule has 0 aliphatic rings. The first-order valence-electron chi connectivity index (χ1n) is 7.45. The van der Waals surface area contributed by atoms with Crippen molar-refractivity contribution in [3.63, 3.8) is 0 Å². The molecular formula is C17H25N3O. The van der Waals surface area contributed by atoms with Gasteiger partial charge in [-0.25, -0.2) is 4.98 Å². The number of rotatable bonds is 6. The van der Waals surface area contributed by atoms with Gasteiger partial charge in [-0.2, -0.15) is 0 Å². The highest BCUT2D eigenvalue weighted by molar-refractivity contribution is 5.38. The van der Waals surface area contributed by atoms with Crippen molar-refractivity contribution in [2.75, 3.05) is 6.61 Å². The van der Waals surface area contributed by atoms with Gasteiger partial charge < -0.3 is 15.0 Å². The van der Waals surface area contributed by atoms with Crippen LogP contribution in [0.1, 0.15) is 34.5 Å². The van der Waals surface area contributed by atoms with Crippen molar-refractivity contribution in [2.24, 2.45) is 5.73 Å². The van der Waals surface area contributed by atoms with E-state index in [0.717, 1.165) is 29.7 Å². The number of hydrogen-bond acceptors (Lipinski definition) is 3. The van der Waals surface area contributed by atoms with E-state index in [1.54, 1.807) is 0 Å². The first kappa shape index (κ1) is 15.6. The Hall–Kier alpha value is -1.81. The average molecular weight is 287 g/mol. The van der Waals surface area contributed by atoms with E-state index in [4.69, 9.17) is 10.5 Å². The molecule has 0 atom stereocenters. The quantitative estimate of drug-likeness (QED) is 0.831. The molecule has 114 valence electrons. The third-order valence-corrected chi connectivity index (χ3v) is 4.01. The molecule has 0 fully saturated rings. The molecule has 4 nitrogen and oxygen atoms in total. The maximum Gasteiger partial charge on any atom is 0.216 e. The smallest absolute Gasteiger partial charge is 0.216 e. The monoisotopic (exact) mass is 287 g/mol. The second-order valence-corrected chi connectivity index (χ2v) is 5.52. The van der Waals surface area contributed by atoms with Crippen LogP contribution in [0, 0.1) is 27.7 Å². The molecule has 2 rings (SSSR count). The van der Waals surface area contributed by atoms with E-state index in [-0.39, 0.29) is 0 Å². The minimum Gasteiger partial charge on any atom is -0.477 e. The molecule has 0 radical (unpaired) electrons. The Bertz CT molecular complexity index is 597. The SMILES string of the molecule is Cc1cnc(OCCCn2c(C)ccc2C)c(C)c1CN. The molecule has 0 saturated heterocycles. The van der Waals surface area contributed by atoms with Crippen LogP contribution in [0.4, 0.5) is 0 Å². The molecule has 0 aliphatic heterocycles. The van der Waals surface area contributed by atoms with Crippen LogP contribution >= 0.6 is 0 Å². The standard InChI is InChI=1S/C17H25N3O/c1-12-11-19-17(15(4)16(12)10-18)21-9-5-8-20-13(2)6-7-14(20)3/h6-7,11H,5,8-10,18H2,1-4H3. The highest BCUT2D eigenvalue weighted by Crippen LogP contribution is 2.21. The topological polar surface area (TPSA) is 53.1 Å². The number of hydrogen-bond donors (Lipinski definition) is 1. The summed E-state index contributed by atoms with van der Waals surface area (Å²) < 4.78 is 8.14. The largest absolute Gasteiger partial charge is 0.477 e. The van der Waals surface area contributed by atoms with Gasteiger partial charge >= 0.3 is 0 Å².